The molecule has 0 amide bonds. The summed E-state index contributed by atoms with van der Waals surface area (Å²) in [4.78, 5) is 0. The van der Waals surface area contributed by atoms with Gasteiger partial charge in [0.05, 0.1) is 18.1 Å². The highest BCUT2D eigenvalue weighted by atomic mass is 32.2. The quantitative estimate of drug-likeness (QED) is 0.897. The van der Waals surface area contributed by atoms with Crippen LogP contribution in [0.3, 0.4) is 0 Å². The molecule has 1 N–H and O–H groups in total. The number of hydrogen-bond donors (Lipinski definition) is 1. The lowest BCUT2D eigenvalue weighted by molar-refractivity contribution is 0.126. The van der Waals surface area contributed by atoms with E-state index < -0.39 is 9.84 Å². The van der Waals surface area contributed by atoms with Gasteiger partial charge in [-0.05, 0) is 42.7 Å². The van der Waals surface area contributed by atoms with Gasteiger partial charge in [-0.15, -0.1) is 0 Å². The van der Waals surface area contributed by atoms with Crippen molar-refractivity contribution in [1.29, 1.82) is 0 Å². The summed E-state index contributed by atoms with van der Waals surface area (Å²) < 4.78 is 23.5. The number of aliphatic hydroxyl groups is 1. The molecule has 0 spiro atoms. The molecule has 2 atom stereocenters. The standard InChI is InChI=1S/C15H20O3S/c16-11-15(13-7-9-19(17,18)10-13)8-3-5-12-4-1-2-6-14(12)15/h1-2,4,6,13,16H,3,5,7-11H2. The third-order valence-electron chi connectivity index (χ3n) is 4.92. The minimum Gasteiger partial charge on any atom is -0.395 e. The topological polar surface area (TPSA) is 54.4 Å². The molecule has 3 nitrogen and oxygen atoms in total. The van der Waals surface area contributed by atoms with Crippen LogP contribution in [-0.4, -0.2) is 31.6 Å². The molecule has 0 aromatic heterocycles. The predicted molar refractivity (Wildman–Crippen MR) is 74.9 cm³/mol. The van der Waals surface area contributed by atoms with Gasteiger partial charge in [0, 0.05) is 5.41 Å². The molecule has 3 rings (SSSR count). The van der Waals surface area contributed by atoms with Crippen LogP contribution in [0.2, 0.25) is 0 Å². The molecule has 0 radical (unpaired) electrons. The Morgan fingerprint density at radius 2 is 2.11 bits per heavy atom. The van der Waals surface area contributed by atoms with Gasteiger partial charge in [0.15, 0.2) is 9.84 Å². The zero-order valence-corrected chi connectivity index (χ0v) is 11.8. The molecule has 1 aliphatic carbocycles. The Kier molecular flexibility index (Phi) is 3.18. The number of rotatable bonds is 2. The van der Waals surface area contributed by atoms with E-state index in [1.807, 2.05) is 12.1 Å². The van der Waals surface area contributed by atoms with E-state index >= 15 is 0 Å². The third-order valence-corrected chi connectivity index (χ3v) is 6.69. The summed E-state index contributed by atoms with van der Waals surface area (Å²) in [6.07, 6.45) is 3.67. The van der Waals surface area contributed by atoms with Gasteiger partial charge in [-0.1, -0.05) is 24.3 Å². The zero-order valence-electron chi connectivity index (χ0n) is 11.0. The van der Waals surface area contributed by atoms with E-state index in [0.29, 0.717) is 6.42 Å². The maximum atomic E-state index is 11.8. The summed E-state index contributed by atoms with van der Waals surface area (Å²) in [6.45, 7) is 0.0597. The number of aliphatic hydroxyl groups excluding tert-OH is 1. The molecule has 104 valence electrons. The number of hydrogen-bond acceptors (Lipinski definition) is 3. The summed E-state index contributed by atoms with van der Waals surface area (Å²) in [5.74, 6) is 0.590. The Balaban J connectivity index is 2.06. The van der Waals surface area contributed by atoms with E-state index in [4.69, 9.17) is 0 Å². The lowest BCUT2D eigenvalue weighted by Crippen LogP contribution is -2.42. The molecule has 19 heavy (non-hydrogen) atoms. The van der Waals surface area contributed by atoms with Gasteiger partial charge in [-0.2, -0.15) is 0 Å². The van der Waals surface area contributed by atoms with E-state index in [-0.39, 0.29) is 29.4 Å². The van der Waals surface area contributed by atoms with Gasteiger partial charge in [0.25, 0.3) is 0 Å². The second kappa shape index (κ2) is 4.60. The first kappa shape index (κ1) is 13.1. The van der Waals surface area contributed by atoms with Crippen molar-refractivity contribution < 1.29 is 13.5 Å². The van der Waals surface area contributed by atoms with Crippen molar-refractivity contribution in [1.82, 2.24) is 0 Å². The van der Waals surface area contributed by atoms with E-state index in [1.54, 1.807) is 0 Å². The first-order valence-corrected chi connectivity index (χ1v) is 8.79. The van der Waals surface area contributed by atoms with Crippen molar-refractivity contribution >= 4 is 9.84 Å². The highest BCUT2D eigenvalue weighted by molar-refractivity contribution is 7.91. The Hall–Kier alpha value is -0.870. The second-order valence-electron chi connectivity index (χ2n) is 5.92. The summed E-state index contributed by atoms with van der Waals surface area (Å²) in [7, 11) is -2.91. The van der Waals surface area contributed by atoms with Crippen molar-refractivity contribution in [3.05, 3.63) is 35.4 Å². The van der Waals surface area contributed by atoms with E-state index in [1.165, 1.54) is 11.1 Å². The number of benzene rings is 1. The van der Waals surface area contributed by atoms with Crippen molar-refractivity contribution in [3.63, 3.8) is 0 Å². The summed E-state index contributed by atoms with van der Waals surface area (Å²) >= 11 is 0. The summed E-state index contributed by atoms with van der Waals surface area (Å²) in [6, 6.07) is 8.22. The van der Waals surface area contributed by atoms with Gasteiger partial charge in [0.2, 0.25) is 0 Å². The molecule has 2 unspecified atom stereocenters. The number of aryl methyl sites for hydroxylation is 1. The first-order chi connectivity index (χ1) is 9.07. The molecule has 1 aromatic rings. The van der Waals surface area contributed by atoms with Crippen LogP contribution in [0, 0.1) is 5.92 Å². The minimum absolute atomic E-state index is 0.0597. The monoisotopic (exact) mass is 280 g/mol. The van der Waals surface area contributed by atoms with Crippen molar-refractivity contribution in [2.24, 2.45) is 5.92 Å². The summed E-state index contributed by atoms with van der Waals surface area (Å²) in [5, 5.41) is 10.0. The van der Waals surface area contributed by atoms with Crippen molar-refractivity contribution in [2.45, 2.75) is 31.1 Å². The fourth-order valence-electron chi connectivity index (χ4n) is 3.90. The van der Waals surface area contributed by atoms with Crippen LogP contribution in [-0.2, 0) is 21.7 Å². The average molecular weight is 280 g/mol. The second-order valence-corrected chi connectivity index (χ2v) is 8.15. The van der Waals surface area contributed by atoms with Crippen molar-refractivity contribution in [3.8, 4) is 0 Å². The minimum atomic E-state index is -2.91. The summed E-state index contributed by atoms with van der Waals surface area (Å²) in [5.41, 5.74) is 2.14. The molecule has 1 aliphatic heterocycles. The average Bonchev–Trinajstić information content (AvgIpc) is 2.79. The Morgan fingerprint density at radius 1 is 1.32 bits per heavy atom. The Morgan fingerprint density at radius 3 is 2.79 bits per heavy atom. The maximum absolute atomic E-state index is 11.8. The molecular weight excluding hydrogens is 260 g/mol. The lowest BCUT2D eigenvalue weighted by Gasteiger charge is -2.42. The molecule has 4 heteroatoms. The van der Waals surface area contributed by atoms with E-state index in [2.05, 4.69) is 12.1 Å². The lowest BCUT2D eigenvalue weighted by atomic mass is 9.63. The van der Waals surface area contributed by atoms with Gasteiger partial charge >= 0.3 is 0 Å². The fourth-order valence-corrected chi connectivity index (χ4v) is 5.81. The fraction of sp³-hybridized carbons (Fsp3) is 0.600. The maximum Gasteiger partial charge on any atom is 0.150 e. The molecule has 1 aromatic carbocycles. The Bertz CT molecular complexity index is 579. The van der Waals surface area contributed by atoms with Crippen LogP contribution in [0.4, 0.5) is 0 Å². The molecule has 0 saturated carbocycles. The van der Waals surface area contributed by atoms with E-state index in [9.17, 15) is 13.5 Å². The van der Waals surface area contributed by atoms with E-state index in [0.717, 1.165) is 19.3 Å². The van der Waals surface area contributed by atoms with Crippen LogP contribution < -0.4 is 0 Å². The smallest absolute Gasteiger partial charge is 0.150 e. The van der Waals surface area contributed by atoms with Crippen LogP contribution in [0.25, 0.3) is 0 Å². The molecule has 1 saturated heterocycles. The van der Waals surface area contributed by atoms with Gasteiger partial charge < -0.3 is 5.11 Å². The normalized spacial score (nSPS) is 33.0. The number of sulfone groups is 1. The molecular formula is C15H20O3S. The van der Waals surface area contributed by atoms with Crippen LogP contribution in [0.1, 0.15) is 30.4 Å². The van der Waals surface area contributed by atoms with Gasteiger partial charge in [0.1, 0.15) is 0 Å². The zero-order chi connectivity index (χ0) is 13.5. The van der Waals surface area contributed by atoms with Crippen LogP contribution in [0.5, 0.6) is 0 Å². The molecule has 0 bridgehead atoms. The van der Waals surface area contributed by atoms with Crippen molar-refractivity contribution in [2.75, 3.05) is 18.1 Å². The number of fused-ring (bicyclic) bond motifs is 1. The first-order valence-electron chi connectivity index (χ1n) is 6.97. The highest BCUT2D eigenvalue weighted by Crippen LogP contribution is 2.46. The SMILES string of the molecule is O=S1(=O)CCC(C2(CO)CCCc3ccccc32)C1. The molecule has 2 aliphatic rings. The molecule has 1 heterocycles. The van der Waals surface area contributed by atoms with Gasteiger partial charge in [-0.3, -0.25) is 0 Å². The van der Waals surface area contributed by atoms with Gasteiger partial charge in [-0.25, -0.2) is 8.42 Å². The Labute approximate surface area is 114 Å². The predicted octanol–water partition coefficient (Wildman–Crippen LogP) is 1.69. The van der Waals surface area contributed by atoms with Crippen LogP contribution >= 0.6 is 0 Å². The largest absolute Gasteiger partial charge is 0.395 e. The molecule has 1 fully saturated rings. The highest BCUT2D eigenvalue weighted by Gasteiger charge is 2.47. The van der Waals surface area contributed by atoms with Crippen LogP contribution in [0.15, 0.2) is 24.3 Å². The third kappa shape index (κ3) is 2.11.